The number of rotatable bonds is 5. The van der Waals surface area contributed by atoms with Crippen LogP contribution in [0.3, 0.4) is 0 Å². The lowest BCUT2D eigenvalue weighted by molar-refractivity contribution is 0.000585. The summed E-state index contributed by atoms with van der Waals surface area (Å²) in [6.45, 7) is 5.37. The van der Waals surface area contributed by atoms with E-state index >= 15 is 0 Å². The van der Waals surface area contributed by atoms with Gasteiger partial charge >= 0.3 is 0 Å². The van der Waals surface area contributed by atoms with E-state index in [0.29, 0.717) is 12.5 Å². The molecule has 3 heteroatoms. The van der Waals surface area contributed by atoms with Crippen molar-refractivity contribution >= 4 is 5.84 Å². The van der Waals surface area contributed by atoms with Gasteiger partial charge in [-0.3, -0.25) is 5.41 Å². The van der Waals surface area contributed by atoms with Crippen LogP contribution in [0.5, 0.6) is 0 Å². The SMILES string of the molecule is CC1CC(C)CC(OCCCC(=N)N)C1. The first-order chi connectivity index (χ1) is 7.08. The molecule has 0 heterocycles. The van der Waals surface area contributed by atoms with Gasteiger partial charge in [0.05, 0.1) is 11.9 Å². The number of hydrogen-bond acceptors (Lipinski definition) is 2. The average molecular weight is 212 g/mol. The fraction of sp³-hybridized carbons (Fsp3) is 0.917. The van der Waals surface area contributed by atoms with Gasteiger partial charge in [0.1, 0.15) is 0 Å². The molecule has 0 aromatic rings. The quantitative estimate of drug-likeness (QED) is 0.418. The molecular weight excluding hydrogens is 188 g/mol. The summed E-state index contributed by atoms with van der Waals surface area (Å²) in [6.07, 6.45) is 5.73. The molecule has 1 saturated carbocycles. The smallest absolute Gasteiger partial charge is 0.0906 e. The minimum atomic E-state index is 0.268. The second-order valence-corrected chi connectivity index (χ2v) is 5.04. The summed E-state index contributed by atoms with van der Waals surface area (Å²) < 4.78 is 5.82. The van der Waals surface area contributed by atoms with Crippen molar-refractivity contribution in [1.29, 1.82) is 5.41 Å². The van der Waals surface area contributed by atoms with Crippen LogP contribution in [0.4, 0.5) is 0 Å². The number of nitrogens with one attached hydrogen (secondary N) is 1. The fourth-order valence-corrected chi connectivity index (χ4v) is 2.52. The first-order valence-electron chi connectivity index (χ1n) is 6.02. The van der Waals surface area contributed by atoms with Gasteiger partial charge in [-0.05, 0) is 37.5 Å². The molecule has 0 bridgehead atoms. The van der Waals surface area contributed by atoms with Gasteiger partial charge < -0.3 is 10.5 Å². The van der Waals surface area contributed by atoms with Crippen LogP contribution in [-0.2, 0) is 4.74 Å². The van der Waals surface area contributed by atoms with Crippen molar-refractivity contribution in [2.45, 2.75) is 52.1 Å². The van der Waals surface area contributed by atoms with Crippen molar-refractivity contribution in [3.8, 4) is 0 Å². The first kappa shape index (κ1) is 12.5. The van der Waals surface area contributed by atoms with Gasteiger partial charge in [0.2, 0.25) is 0 Å². The summed E-state index contributed by atoms with van der Waals surface area (Å²) in [5.74, 6) is 1.86. The normalized spacial score (nSPS) is 31.5. The van der Waals surface area contributed by atoms with Crippen molar-refractivity contribution in [2.75, 3.05) is 6.61 Å². The topological polar surface area (TPSA) is 59.1 Å². The zero-order chi connectivity index (χ0) is 11.3. The molecule has 0 aromatic carbocycles. The van der Waals surface area contributed by atoms with E-state index in [0.717, 1.165) is 24.9 Å². The van der Waals surface area contributed by atoms with Crippen LogP contribution in [0.2, 0.25) is 0 Å². The largest absolute Gasteiger partial charge is 0.388 e. The molecule has 0 radical (unpaired) electrons. The Morgan fingerprint density at radius 3 is 2.40 bits per heavy atom. The minimum absolute atomic E-state index is 0.268. The maximum absolute atomic E-state index is 7.10. The highest BCUT2D eigenvalue weighted by Gasteiger charge is 2.23. The monoisotopic (exact) mass is 212 g/mol. The molecule has 0 spiro atoms. The third-order valence-corrected chi connectivity index (χ3v) is 3.08. The molecule has 3 N–H and O–H groups in total. The molecule has 0 amide bonds. The van der Waals surface area contributed by atoms with Crippen LogP contribution in [0.25, 0.3) is 0 Å². The Labute approximate surface area is 92.9 Å². The highest BCUT2D eigenvalue weighted by atomic mass is 16.5. The van der Waals surface area contributed by atoms with Crippen molar-refractivity contribution in [3.63, 3.8) is 0 Å². The molecule has 88 valence electrons. The average Bonchev–Trinajstić information content (AvgIpc) is 2.10. The summed E-state index contributed by atoms with van der Waals surface area (Å²) >= 11 is 0. The van der Waals surface area contributed by atoms with E-state index in [1.54, 1.807) is 0 Å². The summed E-state index contributed by atoms with van der Waals surface area (Å²) in [7, 11) is 0. The molecule has 2 atom stereocenters. The van der Waals surface area contributed by atoms with Gasteiger partial charge in [-0.25, -0.2) is 0 Å². The Bertz CT molecular complexity index is 196. The molecule has 0 aliphatic heterocycles. The van der Waals surface area contributed by atoms with Crippen molar-refractivity contribution in [3.05, 3.63) is 0 Å². The Morgan fingerprint density at radius 1 is 1.27 bits per heavy atom. The van der Waals surface area contributed by atoms with Crippen LogP contribution in [0.1, 0.15) is 46.0 Å². The molecule has 15 heavy (non-hydrogen) atoms. The lowest BCUT2D eigenvalue weighted by Crippen LogP contribution is -2.26. The van der Waals surface area contributed by atoms with Gasteiger partial charge in [0.15, 0.2) is 0 Å². The lowest BCUT2D eigenvalue weighted by Gasteiger charge is -2.31. The molecule has 0 saturated heterocycles. The zero-order valence-corrected chi connectivity index (χ0v) is 9.96. The first-order valence-corrected chi connectivity index (χ1v) is 6.02. The Hall–Kier alpha value is -0.570. The fourth-order valence-electron chi connectivity index (χ4n) is 2.52. The second kappa shape index (κ2) is 6.11. The van der Waals surface area contributed by atoms with E-state index in [1.807, 2.05) is 0 Å². The zero-order valence-electron chi connectivity index (χ0n) is 9.96. The van der Waals surface area contributed by atoms with Gasteiger partial charge in [-0.2, -0.15) is 0 Å². The molecule has 3 nitrogen and oxygen atoms in total. The van der Waals surface area contributed by atoms with Crippen LogP contribution >= 0.6 is 0 Å². The maximum atomic E-state index is 7.10. The number of ether oxygens (including phenoxy) is 1. The predicted molar refractivity (Wildman–Crippen MR) is 63.1 cm³/mol. The highest BCUT2D eigenvalue weighted by molar-refractivity contribution is 5.76. The highest BCUT2D eigenvalue weighted by Crippen LogP contribution is 2.30. The minimum Gasteiger partial charge on any atom is -0.388 e. The summed E-state index contributed by atoms with van der Waals surface area (Å²) in [5.41, 5.74) is 5.28. The molecule has 1 fully saturated rings. The second-order valence-electron chi connectivity index (χ2n) is 5.04. The Morgan fingerprint density at radius 2 is 1.87 bits per heavy atom. The predicted octanol–water partition coefficient (Wildman–Crippen LogP) is 2.54. The van der Waals surface area contributed by atoms with Crippen LogP contribution in [0.15, 0.2) is 0 Å². The maximum Gasteiger partial charge on any atom is 0.0906 e. The standard InChI is InChI=1S/C12H24N2O/c1-9-6-10(2)8-11(7-9)15-5-3-4-12(13)14/h9-11H,3-8H2,1-2H3,(H3,13,14). The van der Waals surface area contributed by atoms with Crippen LogP contribution in [-0.4, -0.2) is 18.5 Å². The van der Waals surface area contributed by atoms with Crippen molar-refractivity contribution < 1.29 is 4.74 Å². The molecule has 1 aliphatic carbocycles. The van der Waals surface area contributed by atoms with E-state index in [-0.39, 0.29) is 5.84 Å². The molecular formula is C12H24N2O. The number of nitrogens with two attached hydrogens (primary N) is 1. The molecule has 2 unspecified atom stereocenters. The third-order valence-electron chi connectivity index (χ3n) is 3.08. The Kier molecular flexibility index (Phi) is 5.09. The van der Waals surface area contributed by atoms with E-state index < -0.39 is 0 Å². The van der Waals surface area contributed by atoms with Gasteiger partial charge in [-0.1, -0.05) is 13.8 Å². The van der Waals surface area contributed by atoms with Gasteiger partial charge in [0, 0.05) is 13.0 Å². The summed E-state index contributed by atoms with van der Waals surface area (Å²) in [4.78, 5) is 0. The van der Waals surface area contributed by atoms with Gasteiger partial charge in [0.25, 0.3) is 0 Å². The van der Waals surface area contributed by atoms with E-state index in [9.17, 15) is 0 Å². The Balaban J connectivity index is 2.12. The third kappa shape index (κ3) is 5.17. The van der Waals surface area contributed by atoms with Crippen molar-refractivity contribution in [2.24, 2.45) is 17.6 Å². The van der Waals surface area contributed by atoms with Gasteiger partial charge in [-0.15, -0.1) is 0 Å². The number of hydrogen-bond donors (Lipinski definition) is 2. The van der Waals surface area contributed by atoms with Crippen LogP contribution < -0.4 is 5.73 Å². The molecule has 0 aromatic heterocycles. The van der Waals surface area contributed by atoms with Crippen LogP contribution in [0, 0.1) is 17.2 Å². The molecule has 1 aliphatic rings. The van der Waals surface area contributed by atoms with E-state index in [1.165, 1.54) is 19.3 Å². The lowest BCUT2D eigenvalue weighted by atomic mass is 9.82. The van der Waals surface area contributed by atoms with E-state index in [2.05, 4.69) is 13.8 Å². The van der Waals surface area contributed by atoms with Crippen molar-refractivity contribution in [1.82, 2.24) is 0 Å². The summed E-state index contributed by atoms with van der Waals surface area (Å²) in [5, 5.41) is 7.10. The summed E-state index contributed by atoms with van der Waals surface area (Å²) in [6, 6.07) is 0. The van der Waals surface area contributed by atoms with E-state index in [4.69, 9.17) is 15.9 Å². The number of amidine groups is 1. The molecule has 1 rings (SSSR count).